The Morgan fingerprint density at radius 3 is 2.59 bits per heavy atom. The highest BCUT2D eigenvalue weighted by Crippen LogP contribution is 2.28. The molecule has 1 aromatic carbocycles. The van der Waals surface area contributed by atoms with Crippen molar-refractivity contribution in [2.45, 2.75) is 32.0 Å². The van der Waals surface area contributed by atoms with Crippen LogP contribution in [-0.4, -0.2) is 27.2 Å². The molecule has 0 saturated carbocycles. The van der Waals surface area contributed by atoms with Crippen LogP contribution < -0.4 is 0 Å². The molecule has 0 amide bonds. The van der Waals surface area contributed by atoms with Gasteiger partial charge < -0.3 is 10.2 Å². The van der Waals surface area contributed by atoms with Gasteiger partial charge in [0.15, 0.2) is 5.12 Å². The number of carbonyl (C=O) groups excluding carboxylic acids is 1. The van der Waals surface area contributed by atoms with Gasteiger partial charge in [-0.2, -0.15) is 0 Å². The fourth-order valence-corrected chi connectivity index (χ4v) is 2.50. The minimum Gasteiger partial charge on any atom is -0.389 e. The highest BCUT2D eigenvalue weighted by Gasteiger charge is 2.21. The molecule has 2 unspecified atom stereocenters. The van der Waals surface area contributed by atoms with E-state index in [1.807, 2.05) is 18.2 Å². The molecule has 2 atom stereocenters. The Morgan fingerprint density at radius 1 is 1.35 bits per heavy atom. The molecule has 1 aromatic rings. The number of thioether (sulfide) groups is 1. The lowest BCUT2D eigenvalue weighted by Crippen LogP contribution is -2.22. The van der Waals surface area contributed by atoms with Gasteiger partial charge in [-0.15, -0.1) is 0 Å². The van der Waals surface area contributed by atoms with Crippen molar-refractivity contribution < 1.29 is 15.0 Å². The fraction of sp³-hybridized carbons (Fsp3) is 0.462. The Hall–Kier alpha value is -0.840. The molecule has 0 aliphatic heterocycles. The van der Waals surface area contributed by atoms with Crippen LogP contribution in [0.2, 0.25) is 0 Å². The van der Waals surface area contributed by atoms with Gasteiger partial charge in [0.25, 0.3) is 0 Å². The predicted octanol–water partition coefficient (Wildman–Crippen LogP) is 1.46. The summed E-state index contributed by atoms with van der Waals surface area (Å²) in [6.07, 6.45) is 0.345. The van der Waals surface area contributed by atoms with E-state index < -0.39 is 12.2 Å². The molecule has 3 nitrogen and oxygen atoms in total. The Kier molecular flexibility index (Phi) is 3.86. The third-order valence-corrected chi connectivity index (χ3v) is 3.97. The van der Waals surface area contributed by atoms with Crippen LogP contribution in [-0.2, 0) is 17.6 Å². The minimum atomic E-state index is -0.909. The van der Waals surface area contributed by atoms with E-state index in [0.717, 1.165) is 30.2 Å². The Balaban J connectivity index is 2.00. The topological polar surface area (TPSA) is 57.5 Å². The molecule has 0 heterocycles. The molecular formula is C13H16O3S. The summed E-state index contributed by atoms with van der Waals surface area (Å²) >= 11 is 1.03. The number of fused-ring (bicyclic) bond motifs is 1. The number of hydrogen-bond acceptors (Lipinski definition) is 4. The van der Waals surface area contributed by atoms with E-state index in [-0.39, 0.29) is 10.9 Å². The summed E-state index contributed by atoms with van der Waals surface area (Å²) < 4.78 is 0. The van der Waals surface area contributed by atoms with E-state index in [9.17, 15) is 15.0 Å². The van der Waals surface area contributed by atoms with Crippen molar-refractivity contribution >= 4 is 16.9 Å². The van der Waals surface area contributed by atoms with E-state index in [0.29, 0.717) is 0 Å². The Labute approximate surface area is 105 Å². The maximum absolute atomic E-state index is 10.8. The number of aliphatic hydroxyl groups is 2. The first-order chi connectivity index (χ1) is 8.08. The summed E-state index contributed by atoms with van der Waals surface area (Å²) in [5.41, 5.74) is 3.32. The van der Waals surface area contributed by atoms with Crippen LogP contribution in [0.5, 0.6) is 0 Å². The molecule has 0 aromatic heterocycles. The van der Waals surface area contributed by atoms with E-state index in [1.165, 1.54) is 18.1 Å². The molecule has 17 heavy (non-hydrogen) atoms. The first kappa shape index (κ1) is 12.6. The van der Waals surface area contributed by atoms with Gasteiger partial charge in [-0.1, -0.05) is 30.0 Å². The molecule has 2 N–H and O–H groups in total. The van der Waals surface area contributed by atoms with Crippen LogP contribution in [0.4, 0.5) is 0 Å². The highest BCUT2D eigenvalue weighted by atomic mass is 32.2. The maximum atomic E-state index is 10.8. The second-order valence-corrected chi connectivity index (χ2v) is 5.54. The van der Waals surface area contributed by atoms with Crippen LogP contribution in [0.25, 0.3) is 0 Å². The molecular weight excluding hydrogens is 236 g/mol. The Morgan fingerprint density at radius 2 is 2.06 bits per heavy atom. The largest absolute Gasteiger partial charge is 0.389 e. The summed E-state index contributed by atoms with van der Waals surface area (Å²) in [6, 6.07) is 5.80. The first-order valence-corrected chi connectivity index (χ1v) is 6.67. The zero-order valence-corrected chi connectivity index (χ0v) is 10.5. The van der Waals surface area contributed by atoms with Gasteiger partial charge in [0.1, 0.15) is 6.10 Å². The van der Waals surface area contributed by atoms with Gasteiger partial charge in [-0.05, 0) is 29.5 Å². The summed E-state index contributed by atoms with van der Waals surface area (Å²) in [7, 11) is 0. The van der Waals surface area contributed by atoms with E-state index in [2.05, 4.69) is 0 Å². The second kappa shape index (κ2) is 5.21. The van der Waals surface area contributed by atoms with Gasteiger partial charge in [-0.3, -0.25) is 4.79 Å². The van der Waals surface area contributed by atoms with Gasteiger partial charge in [-0.25, -0.2) is 0 Å². The molecule has 1 aliphatic carbocycles. The molecule has 2 rings (SSSR count). The molecule has 0 saturated heterocycles. The predicted molar refractivity (Wildman–Crippen MR) is 68.0 cm³/mol. The molecule has 0 fully saturated rings. The molecule has 92 valence electrons. The lowest BCUT2D eigenvalue weighted by Gasteiger charge is -2.23. The molecule has 0 bridgehead atoms. The number of aryl methyl sites for hydroxylation is 2. The fourth-order valence-electron chi connectivity index (χ4n) is 1.92. The zero-order valence-electron chi connectivity index (χ0n) is 9.72. The maximum Gasteiger partial charge on any atom is 0.185 e. The number of rotatable bonds is 4. The highest BCUT2D eigenvalue weighted by molar-refractivity contribution is 8.13. The molecule has 0 spiro atoms. The van der Waals surface area contributed by atoms with Gasteiger partial charge >= 0.3 is 0 Å². The standard InChI is InChI=1S/C13H16O3S/c1-8(14)17-7-12(15)13(16)11-5-3-9-2-4-10(9)6-11/h3,5-6,12-13,15-16H,2,4,7H2,1H3. The van der Waals surface area contributed by atoms with Crippen molar-refractivity contribution in [1.29, 1.82) is 0 Å². The van der Waals surface area contributed by atoms with Crippen LogP contribution in [0.15, 0.2) is 18.2 Å². The van der Waals surface area contributed by atoms with Crippen LogP contribution in [0, 0.1) is 0 Å². The molecule has 1 aliphatic rings. The quantitative estimate of drug-likeness (QED) is 0.852. The molecule has 0 radical (unpaired) electrons. The SMILES string of the molecule is CC(=O)SCC(O)C(O)c1ccc2c(c1)CC2. The number of benzene rings is 1. The van der Waals surface area contributed by atoms with Gasteiger partial charge in [0.2, 0.25) is 0 Å². The number of aliphatic hydroxyl groups excluding tert-OH is 2. The van der Waals surface area contributed by atoms with Crippen molar-refractivity contribution in [3.05, 3.63) is 34.9 Å². The third-order valence-electron chi connectivity index (χ3n) is 3.06. The molecule has 4 heteroatoms. The summed E-state index contributed by atoms with van der Waals surface area (Å²) in [4.78, 5) is 10.8. The minimum absolute atomic E-state index is 0.0478. The monoisotopic (exact) mass is 252 g/mol. The Bertz CT molecular complexity index is 431. The average Bonchev–Trinajstić information content (AvgIpc) is 2.26. The van der Waals surface area contributed by atoms with Gasteiger partial charge in [0.05, 0.1) is 6.10 Å². The van der Waals surface area contributed by atoms with Crippen molar-refractivity contribution in [2.24, 2.45) is 0 Å². The van der Waals surface area contributed by atoms with Crippen molar-refractivity contribution in [1.82, 2.24) is 0 Å². The summed E-state index contributed by atoms with van der Waals surface area (Å²) in [5, 5.41) is 19.7. The van der Waals surface area contributed by atoms with Crippen LogP contribution in [0.1, 0.15) is 29.7 Å². The second-order valence-electron chi connectivity index (χ2n) is 4.34. The van der Waals surface area contributed by atoms with Crippen molar-refractivity contribution in [3.63, 3.8) is 0 Å². The van der Waals surface area contributed by atoms with E-state index in [1.54, 1.807) is 0 Å². The average molecular weight is 252 g/mol. The van der Waals surface area contributed by atoms with Crippen molar-refractivity contribution in [3.8, 4) is 0 Å². The lowest BCUT2D eigenvalue weighted by atomic mass is 9.86. The first-order valence-electron chi connectivity index (χ1n) is 5.69. The number of carbonyl (C=O) groups is 1. The normalized spacial score (nSPS) is 16.9. The smallest absolute Gasteiger partial charge is 0.185 e. The zero-order chi connectivity index (χ0) is 12.4. The van der Waals surface area contributed by atoms with Crippen LogP contribution >= 0.6 is 11.8 Å². The third kappa shape index (κ3) is 2.89. The van der Waals surface area contributed by atoms with Crippen LogP contribution in [0.3, 0.4) is 0 Å². The number of hydrogen-bond donors (Lipinski definition) is 2. The summed E-state index contributed by atoms with van der Waals surface area (Å²) in [5.74, 6) is 0.230. The lowest BCUT2D eigenvalue weighted by molar-refractivity contribution is -0.109. The summed E-state index contributed by atoms with van der Waals surface area (Å²) in [6.45, 7) is 1.45. The van der Waals surface area contributed by atoms with E-state index >= 15 is 0 Å². The van der Waals surface area contributed by atoms with E-state index in [4.69, 9.17) is 0 Å². The van der Waals surface area contributed by atoms with Gasteiger partial charge in [0, 0.05) is 12.7 Å². The van der Waals surface area contributed by atoms with Crippen molar-refractivity contribution in [2.75, 3.05) is 5.75 Å².